The molecule has 3 rings (SSSR count). The van der Waals surface area contributed by atoms with Gasteiger partial charge >= 0.3 is 5.97 Å². The van der Waals surface area contributed by atoms with Gasteiger partial charge in [0.25, 0.3) is 0 Å². The van der Waals surface area contributed by atoms with E-state index in [1.165, 1.54) is 0 Å². The summed E-state index contributed by atoms with van der Waals surface area (Å²) in [5.74, 6) is -1.66. The van der Waals surface area contributed by atoms with Crippen molar-refractivity contribution in [3.63, 3.8) is 0 Å². The summed E-state index contributed by atoms with van der Waals surface area (Å²) in [7, 11) is 0. The number of nitrogens with one attached hydrogen (secondary N) is 2. The summed E-state index contributed by atoms with van der Waals surface area (Å²) in [5, 5.41) is 5.56. The minimum atomic E-state index is -0.491. The monoisotopic (exact) mass is 367 g/mol. The van der Waals surface area contributed by atoms with Gasteiger partial charge in [-0.15, -0.1) is 0 Å². The van der Waals surface area contributed by atoms with Gasteiger partial charge in [0.2, 0.25) is 11.8 Å². The third-order valence-corrected chi connectivity index (χ3v) is 4.33. The number of hydrogen-bond acceptors (Lipinski definition) is 5. The van der Waals surface area contributed by atoms with Crippen LogP contribution in [0.3, 0.4) is 0 Å². The molecule has 27 heavy (non-hydrogen) atoms. The summed E-state index contributed by atoms with van der Waals surface area (Å²) < 4.78 is 5.00. The lowest BCUT2D eigenvalue weighted by Gasteiger charge is -2.10. The zero-order valence-corrected chi connectivity index (χ0v) is 15.0. The molecule has 0 saturated heterocycles. The predicted octanol–water partition coefficient (Wildman–Crippen LogP) is 2.15. The smallest absolute Gasteiger partial charge is 0.340 e. The van der Waals surface area contributed by atoms with Gasteiger partial charge in [0.15, 0.2) is 0 Å². The van der Waals surface area contributed by atoms with Crippen molar-refractivity contribution in [2.24, 2.45) is 11.8 Å². The topological polar surface area (TPSA) is 97.4 Å². The van der Waals surface area contributed by atoms with E-state index in [1.807, 2.05) is 6.07 Å². The Labute approximate surface area is 157 Å². The van der Waals surface area contributed by atoms with Gasteiger partial charge < -0.3 is 15.4 Å². The van der Waals surface area contributed by atoms with Gasteiger partial charge in [-0.2, -0.15) is 0 Å². The molecular formula is C20H21N3O4. The first-order chi connectivity index (χ1) is 13.1. The standard InChI is InChI=1S/C20H21N3O4/c1-2-27-20(26)14-7-3-4-8-17(14)23-19(25)16-10-15(16)18(24)22-12-13-6-5-9-21-11-13/h3-9,11,15-16H,2,10,12H2,1H3,(H,22,24)(H,23,25). The number of amides is 2. The predicted molar refractivity (Wildman–Crippen MR) is 98.7 cm³/mol. The molecule has 2 unspecified atom stereocenters. The van der Waals surface area contributed by atoms with Gasteiger partial charge in [-0.3, -0.25) is 14.6 Å². The molecule has 0 spiro atoms. The Balaban J connectivity index is 1.54. The molecule has 2 atom stereocenters. The highest BCUT2D eigenvalue weighted by atomic mass is 16.5. The second-order valence-corrected chi connectivity index (χ2v) is 6.28. The molecule has 1 aliphatic rings. The van der Waals surface area contributed by atoms with E-state index >= 15 is 0 Å². The molecule has 1 heterocycles. The van der Waals surface area contributed by atoms with E-state index in [2.05, 4.69) is 15.6 Å². The molecule has 2 amide bonds. The third-order valence-electron chi connectivity index (χ3n) is 4.33. The molecule has 1 saturated carbocycles. The van der Waals surface area contributed by atoms with Crippen LogP contribution in [0.15, 0.2) is 48.8 Å². The fourth-order valence-electron chi connectivity index (χ4n) is 2.80. The average molecular weight is 367 g/mol. The highest BCUT2D eigenvalue weighted by molar-refractivity contribution is 6.04. The minimum absolute atomic E-state index is 0.155. The Bertz CT molecular complexity index is 838. The number of ether oxygens (including phenoxy) is 1. The van der Waals surface area contributed by atoms with E-state index in [0.29, 0.717) is 24.2 Å². The molecule has 1 aromatic heterocycles. The molecule has 2 aromatic rings. The largest absolute Gasteiger partial charge is 0.462 e. The van der Waals surface area contributed by atoms with Crippen LogP contribution in [0.25, 0.3) is 0 Å². The number of rotatable bonds is 7. The highest BCUT2D eigenvalue weighted by Crippen LogP contribution is 2.39. The third kappa shape index (κ3) is 4.69. The Morgan fingerprint density at radius 1 is 1.11 bits per heavy atom. The number of carbonyl (C=O) groups is 3. The summed E-state index contributed by atoms with van der Waals surface area (Å²) in [5.41, 5.74) is 1.59. The lowest BCUT2D eigenvalue weighted by molar-refractivity contribution is -0.125. The molecular weight excluding hydrogens is 346 g/mol. The number of carbonyl (C=O) groups excluding carboxylic acids is 3. The Morgan fingerprint density at radius 2 is 1.89 bits per heavy atom. The van der Waals surface area contributed by atoms with Gasteiger partial charge in [-0.25, -0.2) is 4.79 Å². The molecule has 1 fully saturated rings. The van der Waals surface area contributed by atoms with Crippen LogP contribution >= 0.6 is 0 Å². The average Bonchev–Trinajstić information content (AvgIpc) is 3.49. The first-order valence-corrected chi connectivity index (χ1v) is 8.83. The number of pyridine rings is 1. The number of esters is 1. The first-order valence-electron chi connectivity index (χ1n) is 8.83. The lowest BCUT2D eigenvalue weighted by Crippen LogP contribution is -2.27. The number of aromatic nitrogens is 1. The molecule has 0 radical (unpaired) electrons. The summed E-state index contributed by atoms with van der Waals surface area (Å²) in [6, 6.07) is 10.3. The van der Waals surface area contributed by atoms with Crippen molar-refractivity contribution in [1.82, 2.24) is 10.3 Å². The van der Waals surface area contributed by atoms with E-state index < -0.39 is 11.9 Å². The van der Waals surface area contributed by atoms with Crippen LogP contribution in [0.5, 0.6) is 0 Å². The highest BCUT2D eigenvalue weighted by Gasteiger charge is 2.48. The van der Waals surface area contributed by atoms with Crippen molar-refractivity contribution < 1.29 is 19.1 Å². The van der Waals surface area contributed by atoms with E-state index in [9.17, 15) is 14.4 Å². The van der Waals surface area contributed by atoms with E-state index in [-0.39, 0.29) is 24.3 Å². The summed E-state index contributed by atoms with van der Waals surface area (Å²) in [6.07, 6.45) is 3.84. The molecule has 2 N–H and O–H groups in total. The number of nitrogens with zero attached hydrogens (tertiary/aromatic N) is 1. The Kier molecular flexibility index (Phi) is 5.80. The Morgan fingerprint density at radius 3 is 2.63 bits per heavy atom. The van der Waals surface area contributed by atoms with Crippen LogP contribution in [0, 0.1) is 11.8 Å². The number of para-hydroxylation sites is 1. The van der Waals surface area contributed by atoms with Crippen molar-refractivity contribution in [1.29, 1.82) is 0 Å². The quantitative estimate of drug-likeness (QED) is 0.731. The number of benzene rings is 1. The molecule has 1 aliphatic carbocycles. The molecule has 0 bridgehead atoms. The van der Waals surface area contributed by atoms with Crippen LogP contribution in [0.2, 0.25) is 0 Å². The van der Waals surface area contributed by atoms with Crippen molar-refractivity contribution in [2.75, 3.05) is 11.9 Å². The molecule has 1 aromatic carbocycles. The van der Waals surface area contributed by atoms with Crippen LogP contribution < -0.4 is 10.6 Å². The minimum Gasteiger partial charge on any atom is -0.462 e. The zero-order chi connectivity index (χ0) is 19.2. The molecule has 140 valence electrons. The summed E-state index contributed by atoms with van der Waals surface area (Å²) >= 11 is 0. The van der Waals surface area contributed by atoms with Crippen LogP contribution in [-0.2, 0) is 20.9 Å². The second kappa shape index (κ2) is 8.44. The van der Waals surface area contributed by atoms with Crippen LogP contribution in [0.1, 0.15) is 29.3 Å². The fourth-order valence-corrected chi connectivity index (χ4v) is 2.80. The van der Waals surface area contributed by atoms with Crippen molar-refractivity contribution >= 4 is 23.5 Å². The fraction of sp³-hybridized carbons (Fsp3) is 0.300. The number of hydrogen-bond donors (Lipinski definition) is 2. The Hall–Kier alpha value is -3.22. The summed E-state index contributed by atoms with van der Waals surface area (Å²) in [4.78, 5) is 40.6. The maximum absolute atomic E-state index is 12.4. The van der Waals surface area contributed by atoms with Crippen molar-refractivity contribution in [2.45, 2.75) is 19.9 Å². The van der Waals surface area contributed by atoms with Gasteiger partial charge in [0, 0.05) is 18.9 Å². The molecule has 0 aliphatic heterocycles. The van der Waals surface area contributed by atoms with Gasteiger partial charge in [-0.1, -0.05) is 18.2 Å². The van der Waals surface area contributed by atoms with Crippen LogP contribution in [-0.4, -0.2) is 29.4 Å². The van der Waals surface area contributed by atoms with E-state index in [4.69, 9.17) is 4.74 Å². The maximum Gasteiger partial charge on any atom is 0.340 e. The first kappa shape index (κ1) is 18.6. The number of anilines is 1. The normalized spacial score (nSPS) is 17.7. The van der Waals surface area contributed by atoms with Gasteiger partial charge in [0.1, 0.15) is 0 Å². The van der Waals surface area contributed by atoms with Crippen LogP contribution in [0.4, 0.5) is 5.69 Å². The van der Waals surface area contributed by atoms with Crippen molar-refractivity contribution in [3.05, 3.63) is 59.9 Å². The van der Waals surface area contributed by atoms with Crippen molar-refractivity contribution in [3.8, 4) is 0 Å². The lowest BCUT2D eigenvalue weighted by atomic mass is 10.1. The molecule has 7 nitrogen and oxygen atoms in total. The van der Waals surface area contributed by atoms with Gasteiger partial charge in [-0.05, 0) is 37.1 Å². The molecule has 7 heteroatoms. The summed E-state index contributed by atoms with van der Waals surface area (Å²) in [6.45, 7) is 2.35. The zero-order valence-electron chi connectivity index (χ0n) is 15.0. The maximum atomic E-state index is 12.4. The van der Waals surface area contributed by atoms with E-state index in [0.717, 1.165) is 5.56 Å². The van der Waals surface area contributed by atoms with E-state index in [1.54, 1.807) is 49.6 Å². The second-order valence-electron chi connectivity index (χ2n) is 6.28. The van der Waals surface area contributed by atoms with Gasteiger partial charge in [0.05, 0.1) is 29.7 Å². The SMILES string of the molecule is CCOC(=O)c1ccccc1NC(=O)C1CC1C(=O)NCc1cccnc1.